The second-order valence-corrected chi connectivity index (χ2v) is 8.71. The number of nitrogens with one attached hydrogen (secondary N) is 2. The Morgan fingerprint density at radius 1 is 1.03 bits per heavy atom. The lowest BCUT2D eigenvalue weighted by atomic mass is 10.1. The first-order valence-electron chi connectivity index (χ1n) is 9.24. The molecule has 3 aromatic rings. The number of sulfonamides is 1. The van der Waals surface area contributed by atoms with Gasteiger partial charge < -0.3 is 14.6 Å². The van der Waals surface area contributed by atoms with Gasteiger partial charge in [-0.2, -0.15) is 0 Å². The molecule has 3 rings (SSSR count). The molecule has 0 bridgehead atoms. The van der Waals surface area contributed by atoms with E-state index in [9.17, 15) is 13.2 Å². The molecule has 9 heteroatoms. The lowest BCUT2D eigenvalue weighted by Crippen LogP contribution is -2.30. The van der Waals surface area contributed by atoms with Crippen molar-refractivity contribution >= 4 is 27.4 Å². The number of carbonyl (C=O) groups is 1. The highest BCUT2D eigenvalue weighted by atomic mass is 32.2. The van der Waals surface area contributed by atoms with E-state index in [-0.39, 0.29) is 16.6 Å². The average Bonchev–Trinajstić information content (AvgIpc) is 3.05. The van der Waals surface area contributed by atoms with E-state index in [1.165, 1.54) is 30.3 Å². The van der Waals surface area contributed by atoms with Crippen molar-refractivity contribution in [2.24, 2.45) is 0 Å². The molecule has 0 aliphatic rings. The highest BCUT2D eigenvalue weighted by Gasteiger charge is 2.18. The fourth-order valence-corrected chi connectivity index (χ4v) is 3.81. The van der Waals surface area contributed by atoms with Crippen LogP contribution >= 0.6 is 0 Å². The number of amides is 1. The van der Waals surface area contributed by atoms with E-state index in [1.807, 2.05) is 32.0 Å². The summed E-state index contributed by atoms with van der Waals surface area (Å²) < 4.78 is 37.7. The maximum Gasteiger partial charge on any atom is 0.265 e. The van der Waals surface area contributed by atoms with Crippen molar-refractivity contribution in [3.8, 4) is 5.75 Å². The van der Waals surface area contributed by atoms with E-state index < -0.39 is 16.1 Å². The van der Waals surface area contributed by atoms with Gasteiger partial charge in [-0.25, -0.2) is 8.42 Å². The monoisotopic (exact) mass is 429 g/mol. The Kier molecular flexibility index (Phi) is 6.12. The quantitative estimate of drug-likeness (QED) is 0.591. The Hall–Kier alpha value is -3.33. The molecule has 0 saturated carbocycles. The number of aromatic nitrogens is 1. The third kappa shape index (κ3) is 5.38. The average molecular weight is 429 g/mol. The first-order valence-corrected chi connectivity index (χ1v) is 10.7. The Morgan fingerprint density at radius 2 is 1.67 bits per heavy atom. The van der Waals surface area contributed by atoms with E-state index in [1.54, 1.807) is 13.8 Å². The van der Waals surface area contributed by atoms with Gasteiger partial charge in [-0.1, -0.05) is 11.2 Å². The molecule has 1 heterocycles. The lowest BCUT2D eigenvalue weighted by Gasteiger charge is -2.16. The molecule has 30 heavy (non-hydrogen) atoms. The summed E-state index contributed by atoms with van der Waals surface area (Å²) in [6, 6.07) is 13.0. The number of rotatable bonds is 7. The van der Waals surface area contributed by atoms with E-state index in [0.29, 0.717) is 17.2 Å². The molecule has 1 atom stereocenters. The van der Waals surface area contributed by atoms with Crippen LogP contribution in [-0.2, 0) is 14.8 Å². The second kappa shape index (κ2) is 8.58. The van der Waals surface area contributed by atoms with Crippen molar-refractivity contribution < 1.29 is 22.5 Å². The van der Waals surface area contributed by atoms with Gasteiger partial charge in [0.2, 0.25) is 0 Å². The summed E-state index contributed by atoms with van der Waals surface area (Å²) in [7, 11) is -3.82. The van der Waals surface area contributed by atoms with E-state index >= 15 is 0 Å². The summed E-state index contributed by atoms with van der Waals surface area (Å²) in [4.78, 5) is 12.5. The van der Waals surface area contributed by atoms with Gasteiger partial charge in [0.05, 0.1) is 4.90 Å². The molecule has 1 unspecified atom stereocenters. The van der Waals surface area contributed by atoms with Gasteiger partial charge in [-0.15, -0.1) is 0 Å². The van der Waals surface area contributed by atoms with Crippen molar-refractivity contribution in [1.82, 2.24) is 5.16 Å². The zero-order chi connectivity index (χ0) is 21.9. The fraction of sp³-hybridized carbons (Fsp3) is 0.238. The Labute approximate surface area is 175 Å². The minimum Gasteiger partial charge on any atom is -0.481 e. The highest BCUT2D eigenvalue weighted by Crippen LogP contribution is 2.20. The molecule has 1 amide bonds. The van der Waals surface area contributed by atoms with Crippen LogP contribution in [0.25, 0.3) is 0 Å². The molecule has 0 fully saturated rings. The highest BCUT2D eigenvalue weighted by molar-refractivity contribution is 7.92. The molecule has 0 saturated heterocycles. The smallest absolute Gasteiger partial charge is 0.265 e. The maximum absolute atomic E-state index is 12.4. The van der Waals surface area contributed by atoms with Crippen molar-refractivity contribution in [2.75, 3.05) is 10.0 Å². The third-order valence-electron chi connectivity index (χ3n) is 4.18. The fourth-order valence-electron chi connectivity index (χ4n) is 2.83. The molecular formula is C21H23N3O5S. The summed E-state index contributed by atoms with van der Waals surface area (Å²) in [6.45, 7) is 7.22. The molecule has 0 aliphatic heterocycles. The van der Waals surface area contributed by atoms with Gasteiger partial charge >= 0.3 is 0 Å². The number of carbonyl (C=O) groups excluding carboxylic acids is 1. The Bertz CT molecular complexity index is 1130. The van der Waals surface area contributed by atoms with Crippen LogP contribution in [0, 0.1) is 20.8 Å². The molecule has 8 nitrogen and oxygen atoms in total. The summed E-state index contributed by atoms with van der Waals surface area (Å²) in [5.41, 5.74) is 2.54. The van der Waals surface area contributed by atoms with Crippen LogP contribution < -0.4 is 14.8 Å². The third-order valence-corrected chi connectivity index (χ3v) is 5.55. The van der Waals surface area contributed by atoms with Crippen LogP contribution in [0.15, 0.2) is 57.9 Å². The van der Waals surface area contributed by atoms with Crippen molar-refractivity contribution in [3.63, 3.8) is 0 Å². The Balaban J connectivity index is 1.63. The Morgan fingerprint density at radius 3 is 2.23 bits per heavy atom. The normalized spacial score (nSPS) is 12.3. The largest absolute Gasteiger partial charge is 0.481 e. The molecule has 2 N–H and O–H groups in total. The van der Waals surface area contributed by atoms with Gasteiger partial charge in [-0.3, -0.25) is 9.52 Å². The summed E-state index contributed by atoms with van der Waals surface area (Å²) >= 11 is 0. The topological polar surface area (TPSA) is 111 Å². The number of hydrogen-bond donors (Lipinski definition) is 2. The SMILES string of the molecule is Cc1cc(C)cc(OC(C)C(=O)Nc2ccc(S(=O)(=O)Nc3cc(C)on3)cc2)c1. The molecular weight excluding hydrogens is 406 g/mol. The van der Waals surface area contributed by atoms with Gasteiger partial charge in [0.15, 0.2) is 11.9 Å². The van der Waals surface area contributed by atoms with E-state index in [0.717, 1.165) is 11.1 Å². The minimum absolute atomic E-state index is 0.0284. The minimum atomic E-state index is -3.82. The second-order valence-electron chi connectivity index (χ2n) is 7.03. The van der Waals surface area contributed by atoms with E-state index in [4.69, 9.17) is 9.26 Å². The predicted octanol–water partition coefficient (Wildman–Crippen LogP) is 3.81. The van der Waals surface area contributed by atoms with Crippen molar-refractivity contribution in [1.29, 1.82) is 0 Å². The van der Waals surface area contributed by atoms with Gasteiger partial charge in [0, 0.05) is 11.8 Å². The van der Waals surface area contributed by atoms with Gasteiger partial charge in [0.1, 0.15) is 11.5 Å². The van der Waals surface area contributed by atoms with Gasteiger partial charge in [0.25, 0.3) is 15.9 Å². The van der Waals surface area contributed by atoms with Crippen LogP contribution in [0.4, 0.5) is 11.5 Å². The van der Waals surface area contributed by atoms with Gasteiger partial charge in [-0.05, 0) is 75.2 Å². The number of benzene rings is 2. The molecule has 0 radical (unpaired) electrons. The van der Waals surface area contributed by atoms with E-state index in [2.05, 4.69) is 15.2 Å². The standard InChI is InChI=1S/C21H23N3O5S/c1-13-9-14(2)11-18(10-13)28-16(4)21(25)22-17-5-7-19(8-6-17)30(26,27)24-20-12-15(3)29-23-20/h5-12,16H,1-4H3,(H,22,25)(H,23,24). The number of nitrogens with zero attached hydrogens (tertiary/aromatic N) is 1. The zero-order valence-corrected chi connectivity index (χ0v) is 17.9. The predicted molar refractivity (Wildman–Crippen MR) is 113 cm³/mol. The van der Waals surface area contributed by atoms with Crippen molar-refractivity contribution in [3.05, 3.63) is 65.4 Å². The summed E-state index contributed by atoms with van der Waals surface area (Å²) in [6.07, 6.45) is -0.730. The number of aryl methyl sites for hydroxylation is 3. The van der Waals surface area contributed by atoms with Crippen LogP contribution in [0.5, 0.6) is 5.75 Å². The number of hydrogen-bond acceptors (Lipinski definition) is 6. The van der Waals surface area contributed by atoms with Crippen LogP contribution in [0.1, 0.15) is 23.8 Å². The van der Waals surface area contributed by atoms with Crippen LogP contribution in [0.3, 0.4) is 0 Å². The summed E-state index contributed by atoms with van der Waals surface area (Å²) in [5.74, 6) is 0.858. The first-order chi connectivity index (χ1) is 14.1. The molecule has 2 aromatic carbocycles. The molecule has 0 spiro atoms. The lowest BCUT2D eigenvalue weighted by molar-refractivity contribution is -0.122. The van der Waals surface area contributed by atoms with Crippen molar-refractivity contribution in [2.45, 2.75) is 38.7 Å². The maximum atomic E-state index is 12.4. The molecule has 0 aliphatic carbocycles. The van der Waals surface area contributed by atoms with Crippen LogP contribution in [-0.4, -0.2) is 25.6 Å². The number of anilines is 2. The van der Waals surface area contributed by atoms with Crippen LogP contribution in [0.2, 0.25) is 0 Å². The zero-order valence-electron chi connectivity index (χ0n) is 17.1. The number of ether oxygens (including phenoxy) is 1. The molecule has 158 valence electrons. The first kappa shape index (κ1) is 21.4. The summed E-state index contributed by atoms with van der Waals surface area (Å²) in [5, 5.41) is 6.33. The molecule has 1 aromatic heterocycles.